The Kier molecular flexibility index (Phi) is 6.52. The van der Waals surface area contributed by atoms with E-state index in [0.717, 1.165) is 32.2 Å². The fourth-order valence-electron chi connectivity index (χ4n) is 2.73. The number of carbonyl (C=O) groups is 1. The summed E-state index contributed by atoms with van der Waals surface area (Å²) >= 11 is 5.27. The van der Waals surface area contributed by atoms with E-state index in [1.165, 1.54) is 15.1 Å². The van der Waals surface area contributed by atoms with Gasteiger partial charge in [0.2, 0.25) is 0 Å². The maximum absolute atomic E-state index is 11.8. The van der Waals surface area contributed by atoms with Crippen molar-refractivity contribution in [1.82, 2.24) is 5.32 Å². The molecule has 1 N–H and O–H groups in total. The molecule has 1 aromatic rings. The second-order valence-corrected chi connectivity index (χ2v) is 7.77. The van der Waals surface area contributed by atoms with Crippen molar-refractivity contribution in [2.45, 2.75) is 45.1 Å². The largest absolute Gasteiger partial charge is 0.466 e. The third kappa shape index (κ3) is 4.86. The molecule has 1 fully saturated rings. The molecule has 1 aliphatic carbocycles. The number of carbonyl (C=O) groups excluding carboxylic acids is 1. The van der Waals surface area contributed by atoms with Crippen LogP contribution in [0.25, 0.3) is 0 Å². The van der Waals surface area contributed by atoms with Gasteiger partial charge in [-0.2, -0.15) is 0 Å². The van der Waals surface area contributed by atoms with Gasteiger partial charge in [-0.25, -0.2) is 0 Å². The lowest BCUT2D eigenvalue weighted by molar-refractivity contribution is -0.149. The van der Waals surface area contributed by atoms with Gasteiger partial charge in [-0.05, 0) is 60.7 Å². The third-order valence-corrected chi connectivity index (χ3v) is 5.41. The first kappa shape index (κ1) is 16.0. The monoisotopic (exact) mass is 359 g/mol. The Bertz CT molecular complexity index is 435. The topological polar surface area (TPSA) is 38.3 Å². The van der Waals surface area contributed by atoms with Gasteiger partial charge in [0.25, 0.3) is 0 Å². The second kappa shape index (κ2) is 8.15. The van der Waals surface area contributed by atoms with E-state index in [1.807, 2.05) is 6.92 Å². The van der Waals surface area contributed by atoms with Crippen molar-refractivity contribution >= 4 is 33.2 Å². The first-order valence-electron chi connectivity index (χ1n) is 7.33. The van der Waals surface area contributed by atoms with Gasteiger partial charge in [-0.15, -0.1) is 11.3 Å². The minimum Gasteiger partial charge on any atom is -0.466 e. The number of hydrogen-bond donors (Lipinski definition) is 1. The smallest absolute Gasteiger partial charge is 0.308 e. The van der Waals surface area contributed by atoms with E-state index >= 15 is 0 Å². The summed E-state index contributed by atoms with van der Waals surface area (Å²) in [4.78, 5) is 13.2. The first-order chi connectivity index (χ1) is 9.69. The predicted octanol–water partition coefficient (Wildman–Crippen LogP) is 3.76. The number of halogens is 1. The molecule has 1 aliphatic rings. The van der Waals surface area contributed by atoms with Crippen molar-refractivity contribution in [3.63, 3.8) is 0 Å². The van der Waals surface area contributed by atoms with Crippen LogP contribution >= 0.6 is 27.3 Å². The Hall–Kier alpha value is -0.390. The lowest BCUT2D eigenvalue weighted by Crippen LogP contribution is -2.37. The van der Waals surface area contributed by atoms with Crippen LogP contribution in [0, 0.1) is 5.92 Å². The number of thiophene rings is 1. The van der Waals surface area contributed by atoms with E-state index in [1.54, 1.807) is 11.3 Å². The zero-order valence-electron chi connectivity index (χ0n) is 11.9. The Morgan fingerprint density at radius 2 is 2.35 bits per heavy atom. The molecule has 0 saturated heterocycles. The van der Waals surface area contributed by atoms with Gasteiger partial charge in [-0.1, -0.05) is 6.42 Å². The van der Waals surface area contributed by atoms with E-state index < -0.39 is 0 Å². The highest BCUT2D eigenvalue weighted by atomic mass is 79.9. The van der Waals surface area contributed by atoms with Gasteiger partial charge in [0.1, 0.15) is 0 Å². The Labute approximate surface area is 133 Å². The van der Waals surface area contributed by atoms with Crippen LogP contribution in [-0.4, -0.2) is 25.2 Å². The lowest BCUT2D eigenvalue weighted by Gasteiger charge is -2.28. The predicted molar refractivity (Wildman–Crippen MR) is 86.1 cm³/mol. The van der Waals surface area contributed by atoms with E-state index in [9.17, 15) is 4.79 Å². The van der Waals surface area contributed by atoms with Crippen molar-refractivity contribution in [2.24, 2.45) is 5.92 Å². The zero-order valence-corrected chi connectivity index (χ0v) is 14.3. The Balaban J connectivity index is 1.71. The molecule has 3 nitrogen and oxygen atoms in total. The van der Waals surface area contributed by atoms with Crippen molar-refractivity contribution in [3.05, 3.63) is 20.8 Å². The molecule has 0 bridgehead atoms. The molecule has 20 heavy (non-hydrogen) atoms. The number of hydrogen-bond acceptors (Lipinski definition) is 4. The minimum absolute atomic E-state index is 0.0128. The first-order valence-corrected chi connectivity index (χ1v) is 8.94. The quantitative estimate of drug-likeness (QED) is 0.785. The van der Waals surface area contributed by atoms with Crippen LogP contribution in [0.4, 0.5) is 0 Å². The van der Waals surface area contributed by atoms with Crippen LogP contribution in [0.1, 0.15) is 37.5 Å². The van der Waals surface area contributed by atoms with Crippen LogP contribution in [-0.2, 0) is 16.0 Å². The molecule has 5 heteroatoms. The average molecular weight is 360 g/mol. The molecule has 0 spiro atoms. The average Bonchev–Trinajstić information content (AvgIpc) is 2.85. The van der Waals surface area contributed by atoms with Crippen LogP contribution in [0.15, 0.2) is 15.9 Å². The summed E-state index contributed by atoms with van der Waals surface area (Å²) in [5.74, 6) is 0.0817. The number of ether oxygens (including phenoxy) is 1. The molecule has 1 heterocycles. The third-order valence-electron chi connectivity index (χ3n) is 3.73. The summed E-state index contributed by atoms with van der Waals surface area (Å²) in [6, 6.07) is 4.72. The Morgan fingerprint density at radius 3 is 3.05 bits per heavy atom. The lowest BCUT2D eigenvalue weighted by atomic mass is 9.85. The SMILES string of the molecule is CCOC(=O)C1CCCC(NCCc2ccc(Br)s2)C1. The number of nitrogens with one attached hydrogen (secondary N) is 1. The summed E-state index contributed by atoms with van der Waals surface area (Å²) in [5, 5.41) is 3.59. The summed E-state index contributed by atoms with van der Waals surface area (Å²) in [5.41, 5.74) is 0. The van der Waals surface area contributed by atoms with Gasteiger partial charge in [0, 0.05) is 17.5 Å². The normalized spacial score (nSPS) is 22.7. The summed E-state index contributed by atoms with van der Waals surface area (Å²) in [6.45, 7) is 3.34. The van der Waals surface area contributed by atoms with Gasteiger partial charge in [0.05, 0.1) is 16.3 Å². The minimum atomic E-state index is -0.0128. The zero-order chi connectivity index (χ0) is 14.4. The molecule has 2 atom stereocenters. The molecular weight excluding hydrogens is 338 g/mol. The number of esters is 1. The van der Waals surface area contributed by atoms with E-state index in [0.29, 0.717) is 12.6 Å². The van der Waals surface area contributed by atoms with Crippen LogP contribution in [0.2, 0.25) is 0 Å². The van der Waals surface area contributed by atoms with E-state index in [4.69, 9.17) is 4.74 Å². The molecule has 0 amide bonds. The van der Waals surface area contributed by atoms with E-state index in [2.05, 4.69) is 33.4 Å². The van der Waals surface area contributed by atoms with Crippen LogP contribution in [0.5, 0.6) is 0 Å². The molecule has 0 aliphatic heterocycles. The maximum Gasteiger partial charge on any atom is 0.308 e. The molecule has 1 saturated carbocycles. The Morgan fingerprint density at radius 1 is 1.50 bits per heavy atom. The standard InChI is InChI=1S/C15H22BrNO2S/c1-2-19-15(18)11-4-3-5-12(10-11)17-9-8-13-6-7-14(16)20-13/h6-7,11-12,17H,2-5,8-10H2,1H3. The number of rotatable bonds is 6. The molecule has 0 radical (unpaired) electrons. The molecule has 0 aromatic carbocycles. The van der Waals surface area contributed by atoms with Crippen molar-refractivity contribution < 1.29 is 9.53 Å². The van der Waals surface area contributed by atoms with Gasteiger partial charge < -0.3 is 10.1 Å². The summed E-state index contributed by atoms with van der Waals surface area (Å²) in [7, 11) is 0. The molecular formula is C15H22BrNO2S. The fourth-order valence-corrected chi connectivity index (χ4v) is 4.22. The van der Waals surface area contributed by atoms with Gasteiger partial charge in [0.15, 0.2) is 0 Å². The van der Waals surface area contributed by atoms with Crippen LogP contribution in [0.3, 0.4) is 0 Å². The fraction of sp³-hybridized carbons (Fsp3) is 0.667. The second-order valence-electron chi connectivity index (χ2n) is 5.22. The van der Waals surface area contributed by atoms with Gasteiger partial charge >= 0.3 is 5.97 Å². The van der Waals surface area contributed by atoms with Crippen molar-refractivity contribution in [3.8, 4) is 0 Å². The van der Waals surface area contributed by atoms with Gasteiger partial charge in [-0.3, -0.25) is 4.79 Å². The highest BCUT2D eigenvalue weighted by molar-refractivity contribution is 9.11. The maximum atomic E-state index is 11.8. The molecule has 112 valence electrons. The summed E-state index contributed by atoms with van der Waals surface area (Å²) in [6.07, 6.45) is 5.24. The van der Waals surface area contributed by atoms with Crippen molar-refractivity contribution in [1.29, 1.82) is 0 Å². The summed E-state index contributed by atoms with van der Waals surface area (Å²) < 4.78 is 6.32. The molecule has 2 unspecified atom stereocenters. The molecule has 1 aromatic heterocycles. The van der Waals surface area contributed by atoms with Crippen LogP contribution < -0.4 is 5.32 Å². The van der Waals surface area contributed by atoms with E-state index in [-0.39, 0.29) is 11.9 Å². The van der Waals surface area contributed by atoms with Crippen molar-refractivity contribution in [2.75, 3.05) is 13.2 Å². The highest BCUT2D eigenvalue weighted by Crippen LogP contribution is 2.26. The molecule has 2 rings (SSSR count). The highest BCUT2D eigenvalue weighted by Gasteiger charge is 2.27.